The summed E-state index contributed by atoms with van der Waals surface area (Å²) >= 11 is 5.95. The lowest BCUT2D eigenvalue weighted by Crippen LogP contribution is -2.53. The molecule has 0 aliphatic carbocycles. The Kier molecular flexibility index (Phi) is 5.11. The molecular formula is C18H19ClN2O4. The lowest BCUT2D eigenvalue weighted by molar-refractivity contribution is -0.167. The summed E-state index contributed by atoms with van der Waals surface area (Å²) in [5.74, 6) is 0.299. The number of amides is 2. The van der Waals surface area contributed by atoms with Gasteiger partial charge in [-0.2, -0.15) is 0 Å². The van der Waals surface area contributed by atoms with Crippen LogP contribution in [0, 0.1) is 0 Å². The van der Waals surface area contributed by atoms with Gasteiger partial charge in [0.2, 0.25) is 5.91 Å². The Morgan fingerprint density at radius 3 is 2.68 bits per heavy atom. The minimum atomic E-state index is -0.788. The molecular weight excluding hydrogens is 344 g/mol. The molecule has 1 aromatic carbocycles. The van der Waals surface area contributed by atoms with E-state index in [-0.39, 0.29) is 18.4 Å². The maximum Gasteiger partial charge on any atom is 0.254 e. The number of halogens is 1. The van der Waals surface area contributed by atoms with Crippen molar-refractivity contribution >= 4 is 23.4 Å². The lowest BCUT2D eigenvalue weighted by atomic mass is 9.97. The Morgan fingerprint density at radius 2 is 2.04 bits per heavy atom. The summed E-state index contributed by atoms with van der Waals surface area (Å²) in [5.41, 5.74) is 0.796. The van der Waals surface area contributed by atoms with Crippen molar-refractivity contribution in [3.8, 4) is 0 Å². The average molecular weight is 363 g/mol. The summed E-state index contributed by atoms with van der Waals surface area (Å²) in [4.78, 5) is 28.1. The van der Waals surface area contributed by atoms with Gasteiger partial charge in [-0.3, -0.25) is 9.59 Å². The second-order valence-electron chi connectivity index (χ2n) is 6.01. The zero-order chi connectivity index (χ0) is 18.0. The quantitative estimate of drug-likeness (QED) is 0.838. The summed E-state index contributed by atoms with van der Waals surface area (Å²) < 4.78 is 10.9. The fraction of sp³-hybridized carbons (Fsp3) is 0.333. The number of hydrogen-bond acceptors (Lipinski definition) is 4. The minimum absolute atomic E-state index is 0.119. The number of hydrogen-bond donors (Lipinski definition) is 0. The second-order valence-corrected chi connectivity index (χ2v) is 6.44. The molecule has 1 aliphatic rings. The van der Waals surface area contributed by atoms with Crippen molar-refractivity contribution < 1.29 is 18.7 Å². The number of rotatable bonds is 4. The van der Waals surface area contributed by atoms with E-state index in [4.69, 9.17) is 20.8 Å². The highest BCUT2D eigenvalue weighted by molar-refractivity contribution is 6.30. The van der Waals surface area contributed by atoms with Crippen LogP contribution in [0.15, 0.2) is 47.1 Å². The molecule has 0 radical (unpaired) electrons. The van der Waals surface area contributed by atoms with E-state index >= 15 is 0 Å². The normalized spacial score (nSPS) is 20.6. The highest BCUT2D eigenvalue weighted by atomic mass is 35.5. The van der Waals surface area contributed by atoms with Crippen molar-refractivity contribution in [1.82, 2.24) is 9.80 Å². The van der Waals surface area contributed by atoms with E-state index in [9.17, 15) is 9.59 Å². The molecule has 0 N–H and O–H groups in total. The molecule has 0 spiro atoms. The molecule has 3 rings (SSSR count). The van der Waals surface area contributed by atoms with Gasteiger partial charge in [-0.15, -0.1) is 0 Å². The Morgan fingerprint density at radius 1 is 1.32 bits per heavy atom. The van der Waals surface area contributed by atoms with Crippen molar-refractivity contribution in [1.29, 1.82) is 0 Å². The standard InChI is InChI=1S/C18H19ClN2O4/c1-20(10-14-4-3-9-24-14)18(23)17-16(21(2)15(22)11-25-17)12-5-7-13(19)8-6-12/h3-9,16-17H,10-11H2,1-2H3. The predicted octanol–water partition coefficient (Wildman–Crippen LogP) is 2.49. The first-order valence-electron chi connectivity index (χ1n) is 7.87. The predicted molar refractivity (Wildman–Crippen MR) is 91.9 cm³/mol. The largest absolute Gasteiger partial charge is 0.467 e. The number of benzene rings is 1. The Balaban J connectivity index is 1.84. The van der Waals surface area contributed by atoms with Crippen LogP contribution in [0.3, 0.4) is 0 Å². The molecule has 132 valence electrons. The summed E-state index contributed by atoms with van der Waals surface area (Å²) in [7, 11) is 3.36. The number of morpholine rings is 1. The zero-order valence-electron chi connectivity index (χ0n) is 14.0. The first kappa shape index (κ1) is 17.5. The van der Waals surface area contributed by atoms with Crippen LogP contribution in [0.25, 0.3) is 0 Å². The summed E-state index contributed by atoms with van der Waals surface area (Å²) in [5, 5.41) is 0.590. The summed E-state index contributed by atoms with van der Waals surface area (Å²) in [6.45, 7) is 0.211. The van der Waals surface area contributed by atoms with E-state index < -0.39 is 12.1 Å². The molecule has 2 atom stereocenters. The van der Waals surface area contributed by atoms with Gasteiger partial charge in [0.05, 0.1) is 18.8 Å². The maximum atomic E-state index is 12.9. The maximum absolute atomic E-state index is 12.9. The molecule has 7 heteroatoms. The topological polar surface area (TPSA) is 63.0 Å². The second kappa shape index (κ2) is 7.29. The molecule has 1 saturated heterocycles. The molecule has 1 aliphatic heterocycles. The number of furan rings is 1. The molecule has 2 unspecified atom stereocenters. The number of carbonyl (C=O) groups excluding carboxylic acids is 2. The van der Waals surface area contributed by atoms with E-state index in [1.54, 1.807) is 61.7 Å². The van der Waals surface area contributed by atoms with E-state index in [0.717, 1.165) is 5.56 Å². The number of ether oxygens (including phenoxy) is 1. The third-order valence-electron chi connectivity index (χ3n) is 4.29. The van der Waals surface area contributed by atoms with Gasteiger partial charge in [0.25, 0.3) is 5.91 Å². The van der Waals surface area contributed by atoms with Crippen molar-refractivity contribution in [3.63, 3.8) is 0 Å². The smallest absolute Gasteiger partial charge is 0.254 e. The van der Waals surface area contributed by atoms with Crippen LogP contribution in [0.5, 0.6) is 0 Å². The molecule has 1 aromatic heterocycles. The SMILES string of the molecule is CN(Cc1ccco1)C(=O)C1OCC(=O)N(C)C1c1ccc(Cl)cc1. The van der Waals surface area contributed by atoms with Crippen LogP contribution in [-0.2, 0) is 20.9 Å². The Labute approximate surface area is 150 Å². The van der Waals surface area contributed by atoms with Crippen molar-refractivity contribution in [3.05, 3.63) is 59.0 Å². The fourth-order valence-electron chi connectivity index (χ4n) is 2.91. The summed E-state index contributed by atoms with van der Waals surface area (Å²) in [6.07, 6.45) is 0.775. The molecule has 0 saturated carbocycles. The van der Waals surface area contributed by atoms with Crippen LogP contribution >= 0.6 is 11.6 Å². The molecule has 2 amide bonds. The third kappa shape index (κ3) is 3.70. The Hall–Kier alpha value is -2.31. The fourth-order valence-corrected chi connectivity index (χ4v) is 3.03. The monoisotopic (exact) mass is 362 g/mol. The van der Waals surface area contributed by atoms with Gasteiger partial charge in [-0.1, -0.05) is 23.7 Å². The van der Waals surface area contributed by atoms with E-state index in [2.05, 4.69) is 0 Å². The van der Waals surface area contributed by atoms with Crippen molar-refractivity contribution in [2.45, 2.75) is 18.7 Å². The minimum Gasteiger partial charge on any atom is -0.467 e. The van der Waals surface area contributed by atoms with E-state index in [1.165, 1.54) is 4.90 Å². The molecule has 6 nitrogen and oxygen atoms in total. The van der Waals surface area contributed by atoms with Gasteiger partial charge in [0, 0.05) is 19.1 Å². The molecule has 0 bridgehead atoms. The van der Waals surface area contributed by atoms with Crippen LogP contribution in [0.2, 0.25) is 5.02 Å². The van der Waals surface area contributed by atoms with Crippen LogP contribution < -0.4 is 0 Å². The van der Waals surface area contributed by atoms with E-state index in [0.29, 0.717) is 17.3 Å². The molecule has 2 aromatic rings. The molecule has 2 heterocycles. The van der Waals surface area contributed by atoms with Gasteiger partial charge in [-0.05, 0) is 29.8 Å². The van der Waals surface area contributed by atoms with Gasteiger partial charge >= 0.3 is 0 Å². The first-order valence-corrected chi connectivity index (χ1v) is 8.25. The van der Waals surface area contributed by atoms with Crippen LogP contribution in [0.4, 0.5) is 0 Å². The average Bonchev–Trinajstić information content (AvgIpc) is 3.10. The third-order valence-corrected chi connectivity index (χ3v) is 4.54. The van der Waals surface area contributed by atoms with E-state index in [1.807, 2.05) is 0 Å². The molecule has 1 fully saturated rings. The highest BCUT2D eigenvalue weighted by Gasteiger charge is 2.41. The van der Waals surface area contributed by atoms with Crippen molar-refractivity contribution in [2.24, 2.45) is 0 Å². The van der Waals surface area contributed by atoms with Gasteiger partial charge in [0.15, 0.2) is 6.10 Å². The van der Waals surface area contributed by atoms with Gasteiger partial charge in [-0.25, -0.2) is 0 Å². The number of likely N-dealkylation sites (N-methyl/N-ethyl adjacent to an activating group) is 2. The lowest BCUT2D eigenvalue weighted by Gasteiger charge is -2.39. The highest BCUT2D eigenvalue weighted by Crippen LogP contribution is 2.31. The molecule has 25 heavy (non-hydrogen) atoms. The van der Waals surface area contributed by atoms with Gasteiger partial charge in [0.1, 0.15) is 12.4 Å². The first-order chi connectivity index (χ1) is 12.0. The zero-order valence-corrected chi connectivity index (χ0v) is 14.8. The number of nitrogens with zero attached hydrogens (tertiary/aromatic N) is 2. The number of carbonyl (C=O) groups is 2. The van der Waals surface area contributed by atoms with Crippen LogP contribution in [-0.4, -0.2) is 48.4 Å². The van der Waals surface area contributed by atoms with Crippen LogP contribution in [0.1, 0.15) is 17.4 Å². The van der Waals surface area contributed by atoms with Gasteiger partial charge < -0.3 is 19.0 Å². The summed E-state index contributed by atoms with van der Waals surface area (Å²) in [6, 6.07) is 10.1. The Bertz CT molecular complexity index is 745. The van der Waals surface area contributed by atoms with Crippen molar-refractivity contribution in [2.75, 3.05) is 20.7 Å².